The first-order valence-corrected chi connectivity index (χ1v) is 10.2. The van der Waals surface area contributed by atoms with Crippen LogP contribution >= 0.6 is 0 Å². The number of carbonyl (C=O) groups excluding carboxylic acids is 1. The zero-order valence-corrected chi connectivity index (χ0v) is 16.2. The van der Waals surface area contributed by atoms with E-state index in [0.29, 0.717) is 31.8 Å². The van der Waals surface area contributed by atoms with Crippen molar-refractivity contribution >= 4 is 11.7 Å². The fraction of sp³-hybridized carbons (Fsp3) is 0.667. The maximum absolute atomic E-state index is 12.0. The number of amides is 2. The molecule has 27 heavy (non-hydrogen) atoms. The molecule has 1 saturated carbocycles. The third kappa shape index (κ3) is 6.70. The summed E-state index contributed by atoms with van der Waals surface area (Å²) in [4.78, 5) is 12.0. The van der Waals surface area contributed by atoms with Crippen LogP contribution in [-0.4, -0.2) is 44.6 Å². The molecule has 0 aromatic heterocycles. The Kier molecular flexibility index (Phi) is 7.78. The summed E-state index contributed by atoms with van der Waals surface area (Å²) in [5, 5.41) is 5.67. The lowest BCUT2D eigenvalue weighted by Gasteiger charge is -2.28. The summed E-state index contributed by atoms with van der Waals surface area (Å²) >= 11 is 0. The van der Waals surface area contributed by atoms with E-state index in [4.69, 9.17) is 14.2 Å². The number of hydrogen-bond acceptors (Lipinski definition) is 4. The van der Waals surface area contributed by atoms with Crippen LogP contribution in [0.25, 0.3) is 0 Å². The highest BCUT2D eigenvalue weighted by atomic mass is 16.5. The molecule has 1 aliphatic carbocycles. The SMILES string of the molecule is C[C@@H]1CCCC[C@@H]1OCCNC(=O)Nc1ccc(OC[C@@H]2CCCO2)cc1. The minimum atomic E-state index is -0.219. The predicted molar refractivity (Wildman–Crippen MR) is 105 cm³/mol. The van der Waals surface area contributed by atoms with Crippen LogP contribution in [0.3, 0.4) is 0 Å². The second-order valence-electron chi connectivity index (χ2n) is 7.52. The van der Waals surface area contributed by atoms with Crippen molar-refractivity contribution in [1.82, 2.24) is 5.32 Å². The topological polar surface area (TPSA) is 68.8 Å². The lowest BCUT2D eigenvalue weighted by Crippen LogP contribution is -2.34. The number of anilines is 1. The van der Waals surface area contributed by atoms with Gasteiger partial charge in [-0.3, -0.25) is 0 Å². The van der Waals surface area contributed by atoms with Gasteiger partial charge >= 0.3 is 6.03 Å². The zero-order valence-electron chi connectivity index (χ0n) is 16.2. The van der Waals surface area contributed by atoms with Crippen LogP contribution in [0.2, 0.25) is 0 Å². The molecule has 150 valence electrons. The van der Waals surface area contributed by atoms with Gasteiger partial charge in [0.05, 0.1) is 18.8 Å². The van der Waals surface area contributed by atoms with E-state index >= 15 is 0 Å². The first-order chi connectivity index (χ1) is 13.2. The molecule has 0 bridgehead atoms. The van der Waals surface area contributed by atoms with Gasteiger partial charge in [-0.2, -0.15) is 0 Å². The van der Waals surface area contributed by atoms with E-state index in [-0.39, 0.29) is 12.1 Å². The average molecular weight is 376 g/mol. The predicted octanol–water partition coefficient (Wildman–Crippen LogP) is 3.96. The second-order valence-corrected chi connectivity index (χ2v) is 7.52. The van der Waals surface area contributed by atoms with Crippen LogP contribution in [0.4, 0.5) is 10.5 Å². The molecule has 3 atom stereocenters. The number of rotatable bonds is 8. The first-order valence-electron chi connectivity index (χ1n) is 10.2. The van der Waals surface area contributed by atoms with E-state index in [1.54, 1.807) is 0 Å². The Morgan fingerprint density at radius 2 is 1.96 bits per heavy atom. The molecule has 2 fully saturated rings. The van der Waals surface area contributed by atoms with Crippen molar-refractivity contribution in [3.05, 3.63) is 24.3 Å². The summed E-state index contributed by atoms with van der Waals surface area (Å²) in [6.45, 7) is 4.72. The molecule has 1 aliphatic heterocycles. The van der Waals surface area contributed by atoms with Crippen molar-refractivity contribution in [3.63, 3.8) is 0 Å². The van der Waals surface area contributed by atoms with Crippen molar-refractivity contribution in [2.75, 3.05) is 31.7 Å². The molecule has 1 heterocycles. The highest BCUT2D eigenvalue weighted by Crippen LogP contribution is 2.26. The van der Waals surface area contributed by atoms with Crippen LogP contribution in [0.5, 0.6) is 5.75 Å². The van der Waals surface area contributed by atoms with E-state index < -0.39 is 0 Å². The molecule has 0 radical (unpaired) electrons. The van der Waals surface area contributed by atoms with Crippen LogP contribution in [0.15, 0.2) is 24.3 Å². The van der Waals surface area contributed by atoms with Crippen molar-refractivity contribution in [1.29, 1.82) is 0 Å². The number of carbonyl (C=O) groups is 1. The van der Waals surface area contributed by atoms with Gasteiger partial charge in [0.25, 0.3) is 0 Å². The third-order valence-electron chi connectivity index (χ3n) is 5.32. The van der Waals surface area contributed by atoms with Crippen LogP contribution in [-0.2, 0) is 9.47 Å². The number of benzene rings is 1. The van der Waals surface area contributed by atoms with E-state index in [0.717, 1.165) is 37.3 Å². The Morgan fingerprint density at radius 1 is 1.15 bits per heavy atom. The maximum Gasteiger partial charge on any atom is 0.319 e. The number of hydrogen-bond donors (Lipinski definition) is 2. The summed E-state index contributed by atoms with van der Waals surface area (Å²) in [5.41, 5.74) is 0.735. The van der Waals surface area contributed by atoms with Gasteiger partial charge in [0.1, 0.15) is 12.4 Å². The fourth-order valence-corrected chi connectivity index (χ4v) is 3.68. The highest BCUT2D eigenvalue weighted by molar-refractivity contribution is 5.89. The molecule has 1 aromatic carbocycles. The van der Waals surface area contributed by atoms with Crippen LogP contribution < -0.4 is 15.4 Å². The molecule has 1 saturated heterocycles. The molecule has 0 spiro atoms. The van der Waals surface area contributed by atoms with E-state index in [9.17, 15) is 4.79 Å². The van der Waals surface area contributed by atoms with E-state index in [1.165, 1.54) is 19.3 Å². The molecule has 2 N–H and O–H groups in total. The quantitative estimate of drug-likeness (QED) is 0.674. The average Bonchev–Trinajstić information content (AvgIpc) is 3.20. The van der Waals surface area contributed by atoms with E-state index in [1.807, 2.05) is 24.3 Å². The summed E-state index contributed by atoms with van der Waals surface area (Å²) in [6, 6.07) is 7.18. The molecule has 0 unspecified atom stereocenters. The molecular formula is C21H32N2O4. The molecule has 6 nitrogen and oxygen atoms in total. The highest BCUT2D eigenvalue weighted by Gasteiger charge is 2.21. The molecule has 2 amide bonds. The Hall–Kier alpha value is -1.79. The molecule has 3 rings (SSSR count). The smallest absolute Gasteiger partial charge is 0.319 e. The van der Waals surface area contributed by atoms with Gasteiger partial charge in [-0.15, -0.1) is 0 Å². The number of urea groups is 1. The van der Waals surface area contributed by atoms with Crippen molar-refractivity contribution in [3.8, 4) is 5.75 Å². The Morgan fingerprint density at radius 3 is 2.70 bits per heavy atom. The van der Waals surface area contributed by atoms with Crippen LogP contribution in [0, 0.1) is 5.92 Å². The maximum atomic E-state index is 12.0. The van der Waals surface area contributed by atoms with Gasteiger partial charge in [0, 0.05) is 18.8 Å². The lowest BCUT2D eigenvalue weighted by atomic mass is 9.88. The van der Waals surface area contributed by atoms with Crippen molar-refractivity contribution in [2.45, 2.75) is 57.7 Å². The Labute approximate surface area is 161 Å². The number of ether oxygens (including phenoxy) is 3. The summed E-state index contributed by atoms with van der Waals surface area (Å²) in [5.74, 6) is 1.40. The van der Waals surface area contributed by atoms with Gasteiger partial charge in [-0.1, -0.05) is 19.8 Å². The normalized spacial score (nSPS) is 25.1. The Bertz CT molecular complexity index is 572. The molecule has 2 aliphatic rings. The van der Waals surface area contributed by atoms with Gasteiger partial charge < -0.3 is 24.8 Å². The molecular weight excluding hydrogens is 344 g/mol. The Balaban J connectivity index is 1.30. The number of nitrogens with one attached hydrogen (secondary N) is 2. The monoisotopic (exact) mass is 376 g/mol. The van der Waals surface area contributed by atoms with Crippen molar-refractivity contribution < 1.29 is 19.0 Å². The molecule has 1 aromatic rings. The largest absolute Gasteiger partial charge is 0.491 e. The zero-order chi connectivity index (χ0) is 18.9. The summed E-state index contributed by atoms with van der Waals surface area (Å²) in [6.07, 6.45) is 7.63. The lowest BCUT2D eigenvalue weighted by molar-refractivity contribution is -0.00232. The fourth-order valence-electron chi connectivity index (χ4n) is 3.68. The summed E-state index contributed by atoms with van der Waals surface area (Å²) in [7, 11) is 0. The van der Waals surface area contributed by atoms with Gasteiger partial charge in [0.2, 0.25) is 0 Å². The van der Waals surface area contributed by atoms with Crippen LogP contribution in [0.1, 0.15) is 45.4 Å². The van der Waals surface area contributed by atoms with E-state index in [2.05, 4.69) is 17.6 Å². The molecule has 6 heteroatoms. The standard InChI is InChI=1S/C21H32N2O4/c1-16-5-2-3-7-20(16)26-14-12-22-21(24)23-17-8-10-18(11-9-17)27-15-19-6-4-13-25-19/h8-11,16,19-20H,2-7,12-15H2,1H3,(H2,22,23,24)/t16-,19+,20+/m1/s1. The summed E-state index contributed by atoms with van der Waals surface area (Å²) < 4.78 is 17.2. The second kappa shape index (κ2) is 10.5. The van der Waals surface area contributed by atoms with Crippen molar-refractivity contribution in [2.24, 2.45) is 5.92 Å². The minimum Gasteiger partial charge on any atom is -0.491 e. The first kappa shape index (κ1) is 20.0. The van der Waals surface area contributed by atoms with Gasteiger partial charge in [0.15, 0.2) is 0 Å². The van der Waals surface area contributed by atoms with Gasteiger partial charge in [-0.25, -0.2) is 4.79 Å². The van der Waals surface area contributed by atoms with Gasteiger partial charge in [-0.05, 0) is 55.9 Å². The minimum absolute atomic E-state index is 0.201. The third-order valence-corrected chi connectivity index (χ3v) is 5.32.